The summed E-state index contributed by atoms with van der Waals surface area (Å²) < 4.78 is 50.4. The van der Waals surface area contributed by atoms with E-state index < -0.39 is 30.2 Å². The zero-order valence-electron chi connectivity index (χ0n) is 11.0. The summed E-state index contributed by atoms with van der Waals surface area (Å²) in [7, 11) is 0. The molecule has 1 N–H and O–H groups in total. The van der Waals surface area contributed by atoms with Crippen molar-refractivity contribution >= 4 is 12.1 Å². The SMILES string of the molecule is O=C(N=CC1CCC(C(F)(F)F)CC1)[C@@H]1C[C@H](F)CN1. The fourth-order valence-corrected chi connectivity index (χ4v) is 2.75. The van der Waals surface area contributed by atoms with Crippen molar-refractivity contribution in [3.63, 3.8) is 0 Å². The smallest absolute Gasteiger partial charge is 0.303 e. The van der Waals surface area contributed by atoms with Crippen molar-refractivity contribution in [2.24, 2.45) is 16.8 Å². The third-order valence-corrected chi connectivity index (χ3v) is 4.02. The summed E-state index contributed by atoms with van der Waals surface area (Å²) in [5, 5.41) is 2.73. The van der Waals surface area contributed by atoms with E-state index in [-0.39, 0.29) is 31.7 Å². The molecular formula is C13H18F4N2O. The van der Waals surface area contributed by atoms with Crippen molar-refractivity contribution in [3.05, 3.63) is 0 Å². The second-order valence-corrected chi connectivity index (χ2v) is 5.56. The zero-order valence-corrected chi connectivity index (χ0v) is 11.0. The van der Waals surface area contributed by atoms with E-state index in [9.17, 15) is 22.4 Å². The number of aliphatic imine (C=N–C) groups is 1. The van der Waals surface area contributed by atoms with Crippen LogP contribution in [0.3, 0.4) is 0 Å². The quantitative estimate of drug-likeness (QED) is 0.628. The minimum Gasteiger partial charge on any atom is -0.303 e. The van der Waals surface area contributed by atoms with E-state index in [1.807, 2.05) is 0 Å². The molecule has 2 aliphatic rings. The maximum Gasteiger partial charge on any atom is 0.391 e. The second kappa shape index (κ2) is 6.20. The zero-order chi connectivity index (χ0) is 14.8. The van der Waals surface area contributed by atoms with Gasteiger partial charge in [-0.05, 0) is 31.6 Å². The molecule has 0 bridgehead atoms. The number of carbonyl (C=O) groups is 1. The van der Waals surface area contributed by atoms with E-state index in [1.54, 1.807) is 0 Å². The van der Waals surface area contributed by atoms with Gasteiger partial charge in [-0.25, -0.2) is 9.38 Å². The van der Waals surface area contributed by atoms with Crippen LogP contribution in [0.1, 0.15) is 32.1 Å². The molecule has 2 atom stereocenters. The van der Waals surface area contributed by atoms with Crippen molar-refractivity contribution in [2.75, 3.05) is 6.54 Å². The van der Waals surface area contributed by atoms with E-state index in [1.165, 1.54) is 6.21 Å². The molecule has 1 aliphatic carbocycles. The number of carbonyl (C=O) groups excluding carboxylic acids is 1. The average Bonchev–Trinajstić information content (AvgIpc) is 2.82. The van der Waals surface area contributed by atoms with E-state index >= 15 is 0 Å². The van der Waals surface area contributed by atoms with E-state index in [0.717, 1.165) is 0 Å². The molecule has 1 aliphatic heterocycles. The van der Waals surface area contributed by atoms with Crippen LogP contribution in [0.25, 0.3) is 0 Å². The van der Waals surface area contributed by atoms with Gasteiger partial charge in [-0.15, -0.1) is 0 Å². The van der Waals surface area contributed by atoms with Crippen LogP contribution in [0.4, 0.5) is 17.6 Å². The first-order chi connectivity index (χ1) is 9.36. The van der Waals surface area contributed by atoms with Crippen LogP contribution in [-0.2, 0) is 4.79 Å². The average molecular weight is 294 g/mol. The van der Waals surface area contributed by atoms with Gasteiger partial charge in [0.25, 0.3) is 5.91 Å². The highest BCUT2D eigenvalue weighted by molar-refractivity contribution is 5.89. The van der Waals surface area contributed by atoms with Crippen LogP contribution in [0.2, 0.25) is 0 Å². The third-order valence-electron chi connectivity index (χ3n) is 4.02. The second-order valence-electron chi connectivity index (χ2n) is 5.56. The molecule has 0 aromatic rings. The van der Waals surface area contributed by atoms with Gasteiger partial charge in [0.15, 0.2) is 0 Å². The number of rotatable bonds is 2. The molecule has 0 aromatic carbocycles. The Bertz CT molecular complexity index is 375. The first-order valence-electron chi connectivity index (χ1n) is 6.88. The lowest BCUT2D eigenvalue weighted by molar-refractivity contribution is -0.182. The van der Waals surface area contributed by atoms with Crippen LogP contribution in [-0.4, -0.2) is 37.1 Å². The lowest BCUT2D eigenvalue weighted by Crippen LogP contribution is -2.30. The van der Waals surface area contributed by atoms with Gasteiger partial charge in [0.05, 0.1) is 12.0 Å². The van der Waals surface area contributed by atoms with Gasteiger partial charge < -0.3 is 5.32 Å². The normalized spacial score (nSPS) is 35.6. The van der Waals surface area contributed by atoms with Crippen molar-refractivity contribution in [3.8, 4) is 0 Å². The standard InChI is InChI=1S/C13H18F4N2O/c14-10-5-11(18-7-10)12(20)19-6-8-1-3-9(4-2-8)13(15,16)17/h6,8-11,18H,1-5,7H2/t8?,9?,10-,11-/m0/s1. The topological polar surface area (TPSA) is 41.5 Å². The predicted octanol–water partition coefficient (Wildman–Crippen LogP) is 2.65. The molecule has 114 valence electrons. The van der Waals surface area contributed by atoms with Gasteiger partial charge in [0.2, 0.25) is 0 Å². The molecule has 0 unspecified atom stereocenters. The van der Waals surface area contributed by atoms with Crippen LogP contribution in [0, 0.1) is 11.8 Å². The molecule has 1 heterocycles. The largest absolute Gasteiger partial charge is 0.391 e. The number of hydrogen-bond donors (Lipinski definition) is 1. The fraction of sp³-hybridized carbons (Fsp3) is 0.846. The van der Waals surface area contributed by atoms with Gasteiger partial charge in [-0.1, -0.05) is 0 Å². The van der Waals surface area contributed by atoms with E-state index in [0.29, 0.717) is 12.8 Å². The van der Waals surface area contributed by atoms with Crippen molar-refractivity contribution in [1.29, 1.82) is 0 Å². The first-order valence-corrected chi connectivity index (χ1v) is 6.88. The molecule has 2 fully saturated rings. The number of halogens is 4. The Hall–Kier alpha value is -0.980. The molecule has 2 rings (SSSR count). The Morgan fingerprint density at radius 2 is 1.85 bits per heavy atom. The summed E-state index contributed by atoms with van der Waals surface area (Å²) in [4.78, 5) is 15.4. The molecule has 1 amide bonds. The molecule has 0 radical (unpaired) electrons. The summed E-state index contributed by atoms with van der Waals surface area (Å²) >= 11 is 0. The summed E-state index contributed by atoms with van der Waals surface area (Å²) in [6.45, 7) is 0.155. The summed E-state index contributed by atoms with van der Waals surface area (Å²) in [5.41, 5.74) is 0. The lowest BCUT2D eigenvalue weighted by Gasteiger charge is -2.27. The highest BCUT2D eigenvalue weighted by Crippen LogP contribution is 2.38. The molecule has 1 saturated heterocycles. The van der Waals surface area contributed by atoms with Gasteiger partial charge in [0, 0.05) is 19.2 Å². The monoisotopic (exact) mass is 294 g/mol. The number of nitrogens with one attached hydrogen (secondary N) is 1. The van der Waals surface area contributed by atoms with Crippen LogP contribution >= 0.6 is 0 Å². The number of nitrogens with zero attached hydrogens (tertiary/aromatic N) is 1. The van der Waals surface area contributed by atoms with Gasteiger partial charge in [0.1, 0.15) is 6.17 Å². The van der Waals surface area contributed by atoms with Crippen molar-refractivity contribution in [2.45, 2.75) is 50.5 Å². The van der Waals surface area contributed by atoms with Crippen LogP contribution in [0.15, 0.2) is 4.99 Å². The number of amides is 1. The Morgan fingerprint density at radius 1 is 1.20 bits per heavy atom. The highest BCUT2D eigenvalue weighted by atomic mass is 19.4. The van der Waals surface area contributed by atoms with Crippen molar-refractivity contribution in [1.82, 2.24) is 5.32 Å². The van der Waals surface area contributed by atoms with Crippen LogP contribution in [0.5, 0.6) is 0 Å². The Balaban J connectivity index is 1.77. The Labute approximate surface area is 114 Å². The Kier molecular flexibility index (Phi) is 4.78. The number of alkyl halides is 4. The predicted molar refractivity (Wildman–Crippen MR) is 66.3 cm³/mol. The highest BCUT2D eigenvalue weighted by Gasteiger charge is 2.41. The van der Waals surface area contributed by atoms with E-state index in [2.05, 4.69) is 10.3 Å². The maximum atomic E-state index is 12.9. The first kappa shape index (κ1) is 15.4. The summed E-state index contributed by atoms with van der Waals surface area (Å²) in [6.07, 6.45) is -2.62. The van der Waals surface area contributed by atoms with Crippen LogP contribution < -0.4 is 5.32 Å². The summed E-state index contributed by atoms with van der Waals surface area (Å²) in [6, 6.07) is -0.590. The Morgan fingerprint density at radius 3 is 2.35 bits per heavy atom. The van der Waals surface area contributed by atoms with Gasteiger partial charge in [-0.3, -0.25) is 4.79 Å². The minimum absolute atomic E-state index is 0.0832. The summed E-state index contributed by atoms with van der Waals surface area (Å²) in [5.74, 6) is -1.74. The molecular weight excluding hydrogens is 276 g/mol. The molecule has 0 spiro atoms. The van der Waals surface area contributed by atoms with Gasteiger partial charge in [-0.2, -0.15) is 13.2 Å². The van der Waals surface area contributed by atoms with E-state index in [4.69, 9.17) is 0 Å². The van der Waals surface area contributed by atoms with Crippen molar-refractivity contribution < 1.29 is 22.4 Å². The number of hydrogen-bond acceptors (Lipinski definition) is 2. The minimum atomic E-state index is -4.12. The fourth-order valence-electron chi connectivity index (χ4n) is 2.75. The molecule has 1 saturated carbocycles. The molecule has 20 heavy (non-hydrogen) atoms. The molecule has 0 aromatic heterocycles. The molecule has 7 heteroatoms. The third kappa shape index (κ3) is 4.01. The maximum absolute atomic E-state index is 12.9. The lowest BCUT2D eigenvalue weighted by atomic mass is 9.82. The van der Waals surface area contributed by atoms with Gasteiger partial charge >= 0.3 is 6.18 Å². The molecule has 3 nitrogen and oxygen atoms in total.